The Morgan fingerprint density at radius 2 is 1.23 bits per heavy atom. The molecule has 0 aliphatic heterocycles. The molecule has 0 aliphatic rings. The van der Waals surface area contributed by atoms with Gasteiger partial charge in [0.25, 0.3) is 0 Å². The Labute approximate surface area is 239 Å². The molecule has 2 rings (SSSR count). The van der Waals surface area contributed by atoms with Gasteiger partial charge in [0.05, 0.1) is 6.61 Å². The smallest absolute Gasteiger partial charge is 1.00 e. The van der Waals surface area contributed by atoms with Crippen molar-refractivity contribution in [2.45, 2.75) is 52.2 Å². The van der Waals surface area contributed by atoms with E-state index in [0.717, 1.165) is 5.56 Å². The number of halogens is 1. The van der Waals surface area contributed by atoms with Gasteiger partial charge in [-0.15, -0.1) is 8.07 Å². The summed E-state index contributed by atoms with van der Waals surface area (Å²) in [7, 11) is -1.87. The summed E-state index contributed by atoms with van der Waals surface area (Å²) in [5.41, 5.74) is 3.49. The van der Waals surface area contributed by atoms with Crippen molar-refractivity contribution in [1.29, 1.82) is 0 Å². The quantitative estimate of drug-likeness (QED) is 0.159. The predicted molar refractivity (Wildman–Crippen MR) is 159 cm³/mol. The van der Waals surface area contributed by atoms with Crippen molar-refractivity contribution < 1.29 is 21.9 Å². The van der Waals surface area contributed by atoms with E-state index >= 15 is 0 Å². The molecule has 0 heterocycles. The Hall–Kier alpha value is -1.38. The fourth-order valence-corrected chi connectivity index (χ4v) is 3.92. The first-order valence-electron chi connectivity index (χ1n) is 11.5. The van der Waals surface area contributed by atoms with Crippen LogP contribution >= 0.6 is 0 Å². The van der Waals surface area contributed by atoms with Crippen LogP contribution in [-0.2, 0) is 9.53 Å². The summed E-state index contributed by atoms with van der Waals surface area (Å²) in [6, 6.07) is 21.2. The maximum Gasteiger partial charge on any atom is 2.00 e. The molecule has 0 spiro atoms. The molecule has 0 aromatic heterocycles. The topological polar surface area (TPSA) is 26.3 Å². The molecule has 0 amide bonds. The monoisotopic (exact) mass is 538 g/mol. The van der Waals surface area contributed by atoms with E-state index in [1.54, 1.807) is 13.0 Å². The fourth-order valence-electron chi connectivity index (χ4n) is 2.44. The van der Waals surface area contributed by atoms with Crippen LogP contribution in [0.25, 0.3) is 12.2 Å². The van der Waals surface area contributed by atoms with Crippen LogP contribution in [0.2, 0.25) is 45.3 Å². The Morgan fingerprint density at radius 3 is 1.57 bits per heavy atom. The number of ether oxygens (including phenoxy) is 1. The number of carbonyl (C=O) groups excluding carboxylic acids is 1. The first-order valence-corrected chi connectivity index (χ1v) is 18.9. The molecule has 0 atom stereocenters. The molecule has 0 saturated heterocycles. The van der Waals surface area contributed by atoms with Gasteiger partial charge in [0, 0.05) is 14.1 Å². The number of carbonyl (C=O) groups is 1. The molecule has 35 heavy (non-hydrogen) atoms. The van der Waals surface area contributed by atoms with E-state index in [2.05, 4.69) is 88.8 Å². The summed E-state index contributed by atoms with van der Waals surface area (Å²) < 4.78 is 4.74. The van der Waals surface area contributed by atoms with Crippen molar-refractivity contribution in [1.82, 2.24) is 0 Å². The number of rotatable bonds is 7. The van der Waals surface area contributed by atoms with Gasteiger partial charge < -0.3 is 23.7 Å². The molecular weight excluding hydrogens is 496 g/mol. The van der Waals surface area contributed by atoms with Gasteiger partial charge in [0.1, 0.15) is 0 Å². The number of hydrogen-bond acceptors (Lipinski definition) is 2. The predicted octanol–water partition coefficient (Wildman–Crippen LogP) is 5.18. The molecule has 0 saturated carbocycles. The van der Waals surface area contributed by atoms with Crippen LogP contribution in [0, 0.1) is 6.55 Å². The zero-order chi connectivity index (χ0) is 25.3. The molecule has 188 valence electrons. The Kier molecular flexibility index (Phi) is 22.6. The van der Waals surface area contributed by atoms with E-state index in [4.69, 9.17) is 4.74 Å². The van der Waals surface area contributed by atoms with Gasteiger partial charge in [0.2, 0.25) is 0 Å². The van der Waals surface area contributed by atoms with Crippen LogP contribution in [0.5, 0.6) is 0 Å². The zero-order valence-corrected chi connectivity index (χ0v) is 27.0. The number of hydrogen-bond donors (Lipinski definition) is 0. The van der Waals surface area contributed by atoms with E-state index in [1.165, 1.54) is 23.3 Å². The van der Waals surface area contributed by atoms with Crippen LogP contribution in [0.3, 0.4) is 0 Å². The average Bonchev–Trinajstić information content (AvgIpc) is 2.71. The van der Waals surface area contributed by atoms with Crippen LogP contribution in [0.15, 0.2) is 85.0 Å². The molecule has 2 aromatic rings. The summed E-state index contributed by atoms with van der Waals surface area (Å²) in [6.45, 7) is 24.0. The summed E-state index contributed by atoms with van der Waals surface area (Å²) in [5, 5.41) is 0. The molecule has 2 nitrogen and oxygen atoms in total. The standard InChI is InChI=1S/C14H20Si.C11H12O2.C4H11Si.ClH.Mg/c1-13(12-15(2,3)4)10-11-14-8-6-5-7-9-14;1-2-13-11(12)9-8-10-6-4-3-5-7-10;1-5(2,3)4;;/h5-11H,1,12H2,2-4H3;3-9H,2H2,1H3;1H2,2-4H3;1H;/q;;-1;;+2/p-1/b11-10+;9-8+;;;. The Balaban J connectivity index is -0.000000472. The average molecular weight is 540 g/mol. The maximum absolute atomic E-state index is 10.9. The third kappa shape index (κ3) is 28.7. The summed E-state index contributed by atoms with van der Waals surface area (Å²) in [4.78, 5) is 10.9. The number of esters is 1. The second-order valence-corrected chi connectivity index (χ2v) is 20.8. The molecule has 0 bridgehead atoms. The van der Waals surface area contributed by atoms with Gasteiger partial charge in [-0.05, 0) is 30.2 Å². The Bertz CT molecular complexity index is 863. The molecule has 0 radical (unpaired) electrons. The third-order valence-electron chi connectivity index (χ3n) is 3.57. The van der Waals surface area contributed by atoms with E-state index in [9.17, 15) is 4.79 Å². The second kappa shape index (κ2) is 20.8. The zero-order valence-electron chi connectivity index (χ0n) is 22.8. The Morgan fingerprint density at radius 1 is 0.857 bits per heavy atom. The number of allylic oxidation sites excluding steroid dienone is 2. The van der Waals surface area contributed by atoms with Gasteiger partial charge in [-0.1, -0.05) is 124 Å². The largest absolute Gasteiger partial charge is 2.00 e. The summed E-state index contributed by atoms with van der Waals surface area (Å²) in [6.07, 6.45) is 7.45. The van der Waals surface area contributed by atoms with Crippen molar-refractivity contribution in [3.63, 3.8) is 0 Å². The van der Waals surface area contributed by atoms with E-state index in [1.807, 2.05) is 36.4 Å². The maximum atomic E-state index is 10.9. The van der Waals surface area contributed by atoms with Gasteiger partial charge in [0.15, 0.2) is 0 Å². The first-order chi connectivity index (χ1) is 15.3. The third-order valence-corrected chi connectivity index (χ3v) is 5.08. The molecular formula is C29H43ClMgO2Si2. The van der Waals surface area contributed by atoms with Crippen molar-refractivity contribution >= 4 is 57.3 Å². The molecule has 2 aromatic carbocycles. The molecule has 0 unspecified atom stereocenters. The fraction of sp³-hybridized carbons (Fsp3) is 0.310. The summed E-state index contributed by atoms with van der Waals surface area (Å²) >= 11 is 0. The van der Waals surface area contributed by atoms with Crippen LogP contribution < -0.4 is 12.4 Å². The molecule has 0 aliphatic carbocycles. The van der Waals surface area contributed by atoms with Crippen LogP contribution in [0.4, 0.5) is 0 Å². The van der Waals surface area contributed by atoms with Gasteiger partial charge in [-0.25, -0.2) is 4.79 Å². The SMILES string of the molecule is C=C(/C=C/c1ccccc1)C[Si](C)(C)C.CCOC(=O)/C=C/c1ccccc1.[CH2-][Si](C)(C)C.[Cl-].[Mg+2]. The van der Waals surface area contributed by atoms with Crippen molar-refractivity contribution in [2.75, 3.05) is 6.61 Å². The summed E-state index contributed by atoms with van der Waals surface area (Å²) in [5.74, 6) is -0.300. The normalized spacial score (nSPS) is 10.6. The second-order valence-electron chi connectivity index (χ2n) is 10.2. The molecule has 0 N–H and O–H groups in total. The van der Waals surface area contributed by atoms with E-state index in [0.29, 0.717) is 6.61 Å². The van der Waals surface area contributed by atoms with Gasteiger partial charge >= 0.3 is 29.0 Å². The van der Waals surface area contributed by atoms with E-state index in [-0.39, 0.29) is 41.4 Å². The minimum absolute atomic E-state index is 0. The minimum atomic E-state index is -1.01. The van der Waals surface area contributed by atoms with Crippen LogP contribution in [0.1, 0.15) is 18.1 Å². The molecule has 6 heteroatoms. The van der Waals surface area contributed by atoms with Crippen LogP contribution in [-0.4, -0.2) is 51.8 Å². The van der Waals surface area contributed by atoms with Crippen molar-refractivity contribution in [3.05, 3.63) is 103 Å². The minimum Gasteiger partial charge on any atom is -1.00 e. The van der Waals surface area contributed by atoms with E-state index < -0.39 is 16.1 Å². The first kappa shape index (κ1) is 38.2. The van der Waals surface area contributed by atoms with Crippen molar-refractivity contribution in [2.24, 2.45) is 0 Å². The number of benzene rings is 2. The van der Waals surface area contributed by atoms with Gasteiger partial charge in [-0.2, -0.15) is 0 Å². The van der Waals surface area contributed by atoms with Crippen molar-refractivity contribution in [3.8, 4) is 0 Å². The molecule has 0 fully saturated rings. The van der Waals surface area contributed by atoms with Gasteiger partial charge in [-0.3, -0.25) is 0 Å².